The van der Waals surface area contributed by atoms with Gasteiger partial charge >= 0.3 is 0 Å². The molecule has 2 N–H and O–H groups in total. The van der Waals surface area contributed by atoms with Crippen molar-refractivity contribution in [1.29, 1.82) is 0 Å². The van der Waals surface area contributed by atoms with E-state index in [2.05, 4.69) is 32.7 Å². The van der Waals surface area contributed by atoms with E-state index in [4.69, 9.17) is 5.73 Å². The highest BCUT2D eigenvalue weighted by molar-refractivity contribution is 5.19. The summed E-state index contributed by atoms with van der Waals surface area (Å²) in [5, 5.41) is 0. The largest absolute Gasteiger partial charge is 0.327 e. The highest BCUT2D eigenvalue weighted by Gasteiger charge is 2.14. The number of hydrogen-bond acceptors (Lipinski definition) is 2. The predicted molar refractivity (Wildman–Crippen MR) is 74.9 cm³/mol. The van der Waals surface area contributed by atoms with Crippen molar-refractivity contribution < 1.29 is 4.39 Å². The van der Waals surface area contributed by atoms with Gasteiger partial charge in [0.05, 0.1) is 0 Å². The molecule has 1 aromatic carbocycles. The second-order valence-electron chi connectivity index (χ2n) is 5.40. The van der Waals surface area contributed by atoms with Gasteiger partial charge in [0, 0.05) is 12.1 Å². The highest BCUT2D eigenvalue weighted by Crippen LogP contribution is 2.19. The quantitative estimate of drug-likeness (QED) is 0.842. The van der Waals surface area contributed by atoms with E-state index in [9.17, 15) is 4.39 Å². The van der Waals surface area contributed by atoms with Crippen LogP contribution in [0.5, 0.6) is 0 Å². The van der Waals surface area contributed by atoms with Crippen molar-refractivity contribution in [1.82, 2.24) is 4.90 Å². The second kappa shape index (κ2) is 6.86. The summed E-state index contributed by atoms with van der Waals surface area (Å²) in [5.74, 6) is 0.329. The first-order chi connectivity index (χ1) is 8.41. The van der Waals surface area contributed by atoms with Crippen LogP contribution in [0.25, 0.3) is 0 Å². The van der Waals surface area contributed by atoms with Gasteiger partial charge in [0.1, 0.15) is 5.82 Å². The summed E-state index contributed by atoms with van der Waals surface area (Å²) in [5.41, 5.74) is 7.18. The Bertz CT molecular complexity index is 348. The smallest absolute Gasteiger partial charge is 0.123 e. The Morgan fingerprint density at radius 1 is 1.17 bits per heavy atom. The standard InChI is InChI=1S/C15H25FN2/c1-11(2)15(17)9-10-18(4)12(3)13-5-7-14(16)8-6-13/h5-8,11-12,15H,9-10,17H2,1-4H3. The minimum absolute atomic E-state index is 0.185. The molecule has 0 radical (unpaired) electrons. The fourth-order valence-corrected chi connectivity index (χ4v) is 1.88. The predicted octanol–water partition coefficient (Wildman–Crippen LogP) is 3.19. The number of halogens is 1. The van der Waals surface area contributed by atoms with Crippen molar-refractivity contribution in [3.8, 4) is 0 Å². The minimum Gasteiger partial charge on any atom is -0.327 e. The molecule has 0 aromatic heterocycles. The SMILES string of the molecule is CC(C)C(N)CCN(C)C(C)c1ccc(F)cc1. The molecule has 0 aliphatic rings. The zero-order valence-corrected chi connectivity index (χ0v) is 11.9. The van der Waals surface area contributed by atoms with Gasteiger partial charge in [0.25, 0.3) is 0 Å². The van der Waals surface area contributed by atoms with Gasteiger partial charge in [-0.05, 0) is 50.6 Å². The molecule has 0 fully saturated rings. The van der Waals surface area contributed by atoms with Crippen molar-refractivity contribution in [2.45, 2.75) is 39.3 Å². The number of nitrogens with zero attached hydrogens (tertiary/aromatic N) is 1. The van der Waals surface area contributed by atoms with Crippen molar-refractivity contribution >= 4 is 0 Å². The Balaban J connectivity index is 2.51. The first kappa shape index (κ1) is 15.1. The van der Waals surface area contributed by atoms with Crippen LogP contribution in [0.3, 0.4) is 0 Å². The van der Waals surface area contributed by atoms with Gasteiger partial charge in [-0.25, -0.2) is 4.39 Å². The van der Waals surface area contributed by atoms with Gasteiger partial charge < -0.3 is 5.73 Å². The van der Waals surface area contributed by atoms with Crippen LogP contribution in [0.1, 0.15) is 38.8 Å². The molecule has 3 heteroatoms. The van der Waals surface area contributed by atoms with Crippen molar-refractivity contribution in [3.05, 3.63) is 35.6 Å². The first-order valence-corrected chi connectivity index (χ1v) is 6.63. The third kappa shape index (κ3) is 4.39. The Hall–Kier alpha value is -0.930. The number of nitrogens with two attached hydrogens (primary N) is 1. The van der Waals surface area contributed by atoms with E-state index in [1.807, 2.05) is 12.1 Å². The van der Waals surface area contributed by atoms with Crippen LogP contribution in [0, 0.1) is 11.7 Å². The van der Waals surface area contributed by atoms with Crippen molar-refractivity contribution in [2.24, 2.45) is 11.7 Å². The van der Waals surface area contributed by atoms with Crippen LogP contribution in [0.15, 0.2) is 24.3 Å². The lowest BCUT2D eigenvalue weighted by atomic mass is 10.0. The van der Waals surface area contributed by atoms with Crippen LogP contribution in [0.4, 0.5) is 4.39 Å². The Labute approximate surface area is 110 Å². The summed E-state index contributed by atoms with van der Waals surface area (Å²) >= 11 is 0. The molecule has 0 spiro atoms. The normalized spacial score (nSPS) is 15.1. The topological polar surface area (TPSA) is 29.3 Å². The van der Waals surface area contributed by atoms with Gasteiger partial charge in [-0.1, -0.05) is 26.0 Å². The molecule has 1 rings (SSSR count). The number of hydrogen-bond donors (Lipinski definition) is 1. The molecule has 2 unspecified atom stereocenters. The number of benzene rings is 1. The van der Waals surface area contributed by atoms with Crippen LogP contribution < -0.4 is 5.73 Å². The van der Waals surface area contributed by atoms with Crippen LogP contribution in [0.2, 0.25) is 0 Å². The van der Waals surface area contributed by atoms with Crippen LogP contribution in [-0.2, 0) is 0 Å². The summed E-state index contributed by atoms with van der Waals surface area (Å²) in [6.45, 7) is 7.38. The summed E-state index contributed by atoms with van der Waals surface area (Å²) in [6.07, 6.45) is 0.986. The van der Waals surface area contributed by atoms with Gasteiger partial charge in [0.2, 0.25) is 0 Å². The molecule has 0 amide bonds. The molecule has 102 valence electrons. The lowest BCUT2D eigenvalue weighted by molar-refractivity contribution is 0.243. The first-order valence-electron chi connectivity index (χ1n) is 6.63. The molecule has 1 aromatic rings. The van der Waals surface area contributed by atoms with Crippen LogP contribution in [-0.4, -0.2) is 24.5 Å². The summed E-state index contributed by atoms with van der Waals surface area (Å²) in [6, 6.07) is 7.24. The van der Waals surface area contributed by atoms with E-state index in [-0.39, 0.29) is 17.9 Å². The van der Waals surface area contributed by atoms with E-state index in [1.54, 1.807) is 0 Å². The molecule has 0 saturated heterocycles. The molecule has 2 atom stereocenters. The van der Waals surface area contributed by atoms with Crippen LogP contribution >= 0.6 is 0 Å². The van der Waals surface area contributed by atoms with Gasteiger partial charge in [-0.15, -0.1) is 0 Å². The Morgan fingerprint density at radius 3 is 2.22 bits per heavy atom. The van der Waals surface area contributed by atoms with Crippen molar-refractivity contribution in [2.75, 3.05) is 13.6 Å². The van der Waals surface area contributed by atoms with Gasteiger partial charge in [0.15, 0.2) is 0 Å². The second-order valence-corrected chi connectivity index (χ2v) is 5.40. The molecule has 0 saturated carbocycles. The molecule has 0 aliphatic heterocycles. The summed E-state index contributed by atoms with van der Waals surface area (Å²) < 4.78 is 12.9. The fraction of sp³-hybridized carbons (Fsp3) is 0.600. The molecular formula is C15H25FN2. The maximum absolute atomic E-state index is 12.9. The van der Waals surface area contributed by atoms with Gasteiger partial charge in [-0.2, -0.15) is 0 Å². The minimum atomic E-state index is -0.185. The molecule has 2 nitrogen and oxygen atoms in total. The summed E-state index contributed by atoms with van der Waals surface area (Å²) in [7, 11) is 2.08. The maximum atomic E-state index is 12.9. The molecule has 18 heavy (non-hydrogen) atoms. The maximum Gasteiger partial charge on any atom is 0.123 e. The monoisotopic (exact) mass is 252 g/mol. The van der Waals surface area contributed by atoms with Crippen molar-refractivity contribution in [3.63, 3.8) is 0 Å². The Morgan fingerprint density at radius 2 is 1.72 bits per heavy atom. The third-order valence-electron chi connectivity index (χ3n) is 3.69. The average Bonchev–Trinajstić information content (AvgIpc) is 2.35. The van der Waals surface area contributed by atoms with E-state index in [0.29, 0.717) is 5.92 Å². The molecular weight excluding hydrogens is 227 g/mol. The zero-order chi connectivity index (χ0) is 13.7. The fourth-order valence-electron chi connectivity index (χ4n) is 1.88. The molecule has 0 bridgehead atoms. The lowest BCUT2D eigenvalue weighted by Gasteiger charge is -2.27. The van der Waals surface area contributed by atoms with E-state index >= 15 is 0 Å². The zero-order valence-electron chi connectivity index (χ0n) is 11.9. The highest BCUT2D eigenvalue weighted by atomic mass is 19.1. The van der Waals surface area contributed by atoms with E-state index in [1.165, 1.54) is 12.1 Å². The summed E-state index contributed by atoms with van der Waals surface area (Å²) in [4.78, 5) is 2.26. The van der Waals surface area contributed by atoms with Gasteiger partial charge in [-0.3, -0.25) is 4.90 Å². The lowest BCUT2D eigenvalue weighted by Crippen LogP contribution is -2.32. The average molecular weight is 252 g/mol. The van der Waals surface area contributed by atoms with E-state index in [0.717, 1.165) is 18.5 Å². The molecule has 0 heterocycles. The van der Waals surface area contributed by atoms with E-state index < -0.39 is 0 Å². The molecule has 0 aliphatic carbocycles. The number of rotatable bonds is 6. The Kier molecular flexibility index (Phi) is 5.76. The third-order valence-corrected chi connectivity index (χ3v) is 3.69.